The standard InChI is InChI=1S/C24H19ClN2O4/c1-14-8-9-19(31-2)18(11-14)22(28)20-21(15-5-4-10-26-13-15)27(24(30)23(20)29)17-7-3-6-16(25)12-17/h3-13,21,28H,1-2H3/b22-20+. The number of anilines is 1. The Morgan fingerprint density at radius 2 is 1.94 bits per heavy atom. The predicted octanol–water partition coefficient (Wildman–Crippen LogP) is 4.68. The van der Waals surface area contributed by atoms with E-state index in [-0.39, 0.29) is 11.3 Å². The molecule has 1 N–H and O–H groups in total. The molecule has 1 saturated heterocycles. The molecule has 1 fully saturated rings. The number of hydrogen-bond donors (Lipinski definition) is 1. The van der Waals surface area contributed by atoms with E-state index in [2.05, 4.69) is 4.98 Å². The molecule has 0 spiro atoms. The molecule has 1 aliphatic heterocycles. The minimum absolute atomic E-state index is 0.0399. The quantitative estimate of drug-likeness (QED) is 0.366. The van der Waals surface area contributed by atoms with Gasteiger partial charge in [0, 0.05) is 23.1 Å². The van der Waals surface area contributed by atoms with Crippen molar-refractivity contribution in [3.8, 4) is 5.75 Å². The van der Waals surface area contributed by atoms with Crippen molar-refractivity contribution < 1.29 is 19.4 Å². The van der Waals surface area contributed by atoms with Gasteiger partial charge < -0.3 is 9.84 Å². The number of aliphatic hydroxyl groups excluding tert-OH is 1. The molecule has 7 heteroatoms. The first-order valence-corrected chi connectivity index (χ1v) is 9.91. The van der Waals surface area contributed by atoms with Crippen molar-refractivity contribution in [2.45, 2.75) is 13.0 Å². The molecule has 3 aromatic rings. The number of aromatic nitrogens is 1. The number of benzene rings is 2. The molecular formula is C24H19ClN2O4. The first-order chi connectivity index (χ1) is 14.9. The zero-order chi connectivity index (χ0) is 22.1. The Balaban J connectivity index is 1.99. The number of aliphatic hydroxyl groups is 1. The van der Waals surface area contributed by atoms with Gasteiger partial charge in [-0.05, 0) is 48.9 Å². The number of carbonyl (C=O) groups excluding carboxylic acids is 2. The Bertz CT molecular complexity index is 1210. The fraction of sp³-hybridized carbons (Fsp3) is 0.125. The van der Waals surface area contributed by atoms with Crippen molar-refractivity contribution in [3.05, 3.63) is 94.3 Å². The summed E-state index contributed by atoms with van der Waals surface area (Å²) in [6.07, 6.45) is 3.16. The number of ether oxygens (including phenoxy) is 1. The highest BCUT2D eigenvalue weighted by Crippen LogP contribution is 2.43. The number of aryl methyl sites for hydroxylation is 1. The summed E-state index contributed by atoms with van der Waals surface area (Å²) in [5, 5.41) is 11.7. The van der Waals surface area contributed by atoms with Crippen LogP contribution in [0.3, 0.4) is 0 Å². The lowest BCUT2D eigenvalue weighted by Gasteiger charge is -2.25. The minimum atomic E-state index is -0.877. The number of halogens is 1. The number of pyridine rings is 1. The number of Topliss-reactive ketones (excluding diaryl/α,β-unsaturated/α-hetero) is 1. The summed E-state index contributed by atoms with van der Waals surface area (Å²) >= 11 is 6.14. The predicted molar refractivity (Wildman–Crippen MR) is 118 cm³/mol. The molecule has 0 aliphatic carbocycles. The number of carbonyl (C=O) groups is 2. The smallest absolute Gasteiger partial charge is 0.300 e. The highest BCUT2D eigenvalue weighted by atomic mass is 35.5. The van der Waals surface area contributed by atoms with Gasteiger partial charge in [0.1, 0.15) is 11.5 Å². The summed E-state index contributed by atoms with van der Waals surface area (Å²) in [4.78, 5) is 31.7. The van der Waals surface area contributed by atoms with Gasteiger partial charge in [0.2, 0.25) is 0 Å². The van der Waals surface area contributed by atoms with Gasteiger partial charge in [-0.25, -0.2) is 0 Å². The summed E-state index contributed by atoms with van der Waals surface area (Å²) in [7, 11) is 1.48. The topological polar surface area (TPSA) is 79.7 Å². The lowest BCUT2D eigenvalue weighted by Crippen LogP contribution is -2.29. The summed E-state index contributed by atoms with van der Waals surface area (Å²) in [5.41, 5.74) is 2.18. The molecular weight excluding hydrogens is 416 g/mol. The van der Waals surface area contributed by atoms with Crippen LogP contribution in [0.1, 0.15) is 22.7 Å². The van der Waals surface area contributed by atoms with E-state index in [1.807, 2.05) is 13.0 Å². The maximum Gasteiger partial charge on any atom is 0.300 e. The Hall–Kier alpha value is -3.64. The number of ketones is 1. The van der Waals surface area contributed by atoms with E-state index in [1.54, 1.807) is 60.9 Å². The van der Waals surface area contributed by atoms with E-state index in [9.17, 15) is 14.7 Å². The number of amides is 1. The molecule has 0 radical (unpaired) electrons. The molecule has 1 aromatic heterocycles. The highest BCUT2D eigenvalue weighted by molar-refractivity contribution is 6.51. The van der Waals surface area contributed by atoms with Crippen LogP contribution >= 0.6 is 11.6 Å². The first-order valence-electron chi connectivity index (χ1n) is 9.54. The van der Waals surface area contributed by atoms with Crippen LogP contribution in [-0.4, -0.2) is 28.9 Å². The second-order valence-electron chi connectivity index (χ2n) is 7.14. The van der Waals surface area contributed by atoms with Crippen molar-refractivity contribution in [3.63, 3.8) is 0 Å². The number of methoxy groups -OCH3 is 1. The van der Waals surface area contributed by atoms with Crippen LogP contribution < -0.4 is 9.64 Å². The highest BCUT2D eigenvalue weighted by Gasteiger charge is 2.47. The molecule has 0 saturated carbocycles. The largest absolute Gasteiger partial charge is 0.507 e. The van der Waals surface area contributed by atoms with E-state index in [1.165, 1.54) is 12.0 Å². The van der Waals surface area contributed by atoms with Crippen LogP contribution in [0.25, 0.3) is 5.76 Å². The molecule has 0 bridgehead atoms. The average Bonchev–Trinajstić information content (AvgIpc) is 3.04. The maximum absolute atomic E-state index is 13.2. The zero-order valence-corrected chi connectivity index (χ0v) is 17.6. The molecule has 31 heavy (non-hydrogen) atoms. The molecule has 1 aliphatic rings. The van der Waals surface area contributed by atoms with Gasteiger partial charge in [0.05, 0.1) is 24.3 Å². The second kappa shape index (κ2) is 8.24. The van der Waals surface area contributed by atoms with Gasteiger partial charge in [-0.15, -0.1) is 0 Å². The Kier molecular flexibility index (Phi) is 5.48. The third-order valence-corrected chi connectivity index (χ3v) is 5.38. The third kappa shape index (κ3) is 3.66. The van der Waals surface area contributed by atoms with Gasteiger partial charge in [-0.1, -0.05) is 35.4 Å². The van der Waals surface area contributed by atoms with Crippen molar-refractivity contribution in [1.29, 1.82) is 0 Å². The number of nitrogens with zero attached hydrogens (tertiary/aromatic N) is 2. The van der Waals surface area contributed by atoms with Crippen molar-refractivity contribution >= 4 is 34.7 Å². The van der Waals surface area contributed by atoms with Crippen LogP contribution in [0.5, 0.6) is 5.75 Å². The Labute approximate surface area is 184 Å². The molecule has 156 valence electrons. The number of rotatable bonds is 4. The SMILES string of the molecule is COc1ccc(C)cc1/C(O)=C1\C(=O)C(=O)N(c2cccc(Cl)c2)C1c1cccnc1. The Morgan fingerprint density at radius 1 is 1.13 bits per heavy atom. The van der Waals surface area contributed by atoms with E-state index in [0.29, 0.717) is 27.6 Å². The minimum Gasteiger partial charge on any atom is -0.507 e. The zero-order valence-electron chi connectivity index (χ0n) is 16.9. The van der Waals surface area contributed by atoms with Crippen LogP contribution in [0.2, 0.25) is 5.02 Å². The van der Waals surface area contributed by atoms with E-state index >= 15 is 0 Å². The summed E-state index contributed by atoms with van der Waals surface area (Å²) in [6.45, 7) is 1.86. The molecule has 2 heterocycles. The Morgan fingerprint density at radius 3 is 2.61 bits per heavy atom. The molecule has 1 amide bonds. The lowest BCUT2D eigenvalue weighted by molar-refractivity contribution is -0.132. The molecule has 6 nitrogen and oxygen atoms in total. The van der Waals surface area contributed by atoms with E-state index < -0.39 is 17.7 Å². The van der Waals surface area contributed by atoms with Crippen molar-refractivity contribution in [1.82, 2.24) is 4.98 Å². The maximum atomic E-state index is 13.2. The summed E-state index contributed by atoms with van der Waals surface area (Å²) in [5.74, 6) is -1.47. The van der Waals surface area contributed by atoms with E-state index in [0.717, 1.165) is 5.56 Å². The average molecular weight is 435 g/mol. The van der Waals surface area contributed by atoms with Gasteiger partial charge in [0.25, 0.3) is 11.7 Å². The van der Waals surface area contributed by atoms with Gasteiger partial charge >= 0.3 is 0 Å². The first kappa shape index (κ1) is 20.6. The summed E-state index contributed by atoms with van der Waals surface area (Å²) in [6, 6.07) is 14.5. The molecule has 2 aromatic carbocycles. The van der Waals surface area contributed by atoms with Gasteiger partial charge in [-0.2, -0.15) is 0 Å². The van der Waals surface area contributed by atoms with Crippen LogP contribution in [0, 0.1) is 6.92 Å². The van der Waals surface area contributed by atoms with Gasteiger partial charge in [-0.3, -0.25) is 19.5 Å². The van der Waals surface area contributed by atoms with Crippen molar-refractivity contribution in [2.75, 3.05) is 12.0 Å². The lowest BCUT2D eigenvalue weighted by atomic mass is 9.95. The normalized spacial score (nSPS) is 17.8. The third-order valence-electron chi connectivity index (χ3n) is 5.14. The number of hydrogen-bond acceptors (Lipinski definition) is 5. The fourth-order valence-corrected chi connectivity index (χ4v) is 3.91. The summed E-state index contributed by atoms with van der Waals surface area (Å²) < 4.78 is 5.38. The monoisotopic (exact) mass is 434 g/mol. The molecule has 1 atom stereocenters. The van der Waals surface area contributed by atoms with Crippen LogP contribution in [-0.2, 0) is 9.59 Å². The molecule has 4 rings (SSSR count). The van der Waals surface area contributed by atoms with Crippen molar-refractivity contribution in [2.24, 2.45) is 0 Å². The van der Waals surface area contributed by atoms with Crippen LogP contribution in [0.4, 0.5) is 5.69 Å². The van der Waals surface area contributed by atoms with Crippen LogP contribution in [0.15, 0.2) is 72.6 Å². The second-order valence-corrected chi connectivity index (χ2v) is 7.58. The van der Waals surface area contributed by atoms with E-state index in [4.69, 9.17) is 16.3 Å². The fourth-order valence-electron chi connectivity index (χ4n) is 3.73. The molecule has 1 unspecified atom stereocenters. The van der Waals surface area contributed by atoms with Gasteiger partial charge in [0.15, 0.2) is 0 Å².